The van der Waals surface area contributed by atoms with Crippen molar-refractivity contribution in [2.75, 3.05) is 6.54 Å². The van der Waals surface area contributed by atoms with Crippen LogP contribution in [0.25, 0.3) is 6.08 Å². The zero-order valence-electron chi connectivity index (χ0n) is 12.8. The first-order chi connectivity index (χ1) is 10.7. The highest BCUT2D eigenvalue weighted by Gasteiger charge is 2.35. The van der Waals surface area contributed by atoms with Gasteiger partial charge in [0.05, 0.1) is 6.17 Å². The summed E-state index contributed by atoms with van der Waals surface area (Å²) in [6, 6.07) is 6.88. The first kappa shape index (κ1) is 15.1. The number of carbonyl (C=O) groups is 1. The standard InChI is InChI=1S/C18H24N2O2/c21-15-6-3-4-13(12-15)8-9-17(22)20-18-16-7-2-1-5-14(16)10-11-19-18/h3-4,6,8-9,12,14,16,18-19,21H,1-2,5,7,10-11H2,(H,20,22)/b9-8+. The van der Waals surface area contributed by atoms with Crippen LogP contribution in [0.3, 0.4) is 0 Å². The summed E-state index contributed by atoms with van der Waals surface area (Å²) in [7, 11) is 0. The largest absolute Gasteiger partial charge is 0.508 e. The molecule has 4 nitrogen and oxygen atoms in total. The number of hydrogen-bond donors (Lipinski definition) is 3. The molecule has 0 spiro atoms. The number of aromatic hydroxyl groups is 1. The predicted molar refractivity (Wildman–Crippen MR) is 87.1 cm³/mol. The van der Waals surface area contributed by atoms with E-state index in [4.69, 9.17) is 0 Å². The highest BCUT2D eigenvalue weighted by molar-refractivity contribution is 5.91. The van der Waals surface area contributed by atoms with Crippen LogP contribution in [-0.2, 0) is 4.79 Å². The maximum Gasteiger partial charge on any atom is 0.245 e. The minimum absolute atomic E-state index is 0.0768. The molecule has 3 N–H and O–H groups in total. The van der Waals surface area contributed by atoms with E-state index in [9.17, 15) is 9.90 Å². The van der Waals surface area contributed by atoms with Gasteiger partial charge in [-0.25, -0.2) is 0 Å². The number of benzene rings is 1. The summed E-state index contributed by atoms with van der Waals surface area (Å²) in [5.74, 6) is 1.46. The molecular weight excluding hydrogens is 276 g/mol. The molecule has 1 amide bonds. The van der Waals surface area contributed by atoms with Gasteiger partial charge in [-0.1, -0.05) is 31.4 Å². The average molecular weight is 300 g/mol. The van der Waals surface area contributed by atoms with Gasteiger partial charge >= 0.3 is 0 Å². The Kier molecular flexibility index (Phi) is 4.78. The van der Waals surface area contributed by atoms with Crippen LogP contribution in [0.5, 0.6) is 5.75 Å². The number of fused-ring (bicyclic) bond motifs is 1. The Bertz CT molecular complexity index is 554. The van der Waals surface area contributed by atoms with E-state index in [1.54, 1.807) is 30.4 Å². The number of phenols is 1. The van der Waals surface area contributed by atoms with Gasteiger partial charge in [-0.3, -0.25) is 10.1 Å². The van der Waals surface area contributed by atoms with Crippen LogP contribution in [0.1, 0.15) is 37.7 Å². The number of rotatable bonds is 3. The van der Waals surface area contributed by atoms with E-state index in [0.29, 0.717) is 5.92 Å². The third-order valence-corrected chi connectivity index (χ3v) is 4.87. The van der Waals surface area contributed by atoms with Gasteiger partial charge in [-0.2, -0.15) is 0 Å². The van der Waals surface area contributed by atoms with E-state index in [2.05, 4.69) is 10.6 Å². The third kappa shape index (κ3) is 3.69. The van der Waals surface area contributed by atoms with Crippen LogP contribution in [0.4, 0.5) is 0 Å². The first-order valence-corrected chi connectivity index (χ1v) is 8.23. The van der Waals surface area contributed by atoms with Crippen LogP contribution in [0.2, 0.25) is 0 Å². The molecule has 3 unspecified atom stereocenters. The molecule has 1 aromatic carbocycles. The molecule has 1 aliphatic heterocycles. The fourth-order valence-electron chi connectivity index (χ4n) is 3.77. The van der Waals surface area contributed by atoms with Crippen molar-refractivity contribution >= 4 is 12.0 Å². The Hall–Kier alpha value is -1.81. The van der Waals surface area contributed by atoms with Crippen molar-refractivity contribution in [1.82, 2.24) is 10.6 Å². The maximum absolute atomic E-state index is 12.1. The molecule has 2 aliphatic rings. The van der Waals surface area contributed by atoms with E-state index < -0.39 is 0 Å². The van der Waals surface area contributed by atoms with E-state index >= 15 is 0 Å². The SMILES string of the molecule is O=C(/C=C/c1cccc(O)c1)NC1NCCC2CCCCC21. The number of piperidine rings is 1. The molecule has 0 radical (unpaired) electrons. The highest BCUT2D eigenvalue weighted by atomic mass is 16.3. The molecule has 1 saturated heterocycles. The van der Waals surface area contributed by atoms with Gasteiger partial charge in [0.25, 0.3) is 0 Å². The van der Waals surface area contributed by atoms with Crippen molar-refractivity contribution in [2.24, 2.45) is 11.8 Å². The van der Waals surface area contributed by atoms with Crippen LogP contribution in [-0.4, -0.2) is 23.7 Å². The van der Waals surface area contributed by atoms with Gasteiger partial charge in [0.15, 0.2) is 0 Å². The molecule has 22 heavy (non-hydrogen) atoms. The summed E-state index contributed by atoms with van der Waals surface area (Å²) in [6.45, 7) is 0.988. The second kappa shape index (κ2) is 6.97. The smallest absolute Gasteiger partial charge is 0.245 e. The van der Waals surface area contributed by atoms with Gasteiger partial charge in [-0.15, -0.1) is 0 Å². The molecule has 1 aromatic rings. The molecule has 0 aromatic heterocycles. The Balaban J connectivity index is 1.58. The lowest BCUT2D eigenvalue weighted by molar-refractivity contribution is -0.118. The zero-order chi connectivity index (χ0) is 15.4. The lowest BCUT2D eigenvalue weighted by atomic mass is 9.74. The fourth-order valence-corrected chi connectivity index (χ4v) is 3.77. The van der Waals surface area contributed by atoms with E-state index in [0.717, 1.165) is 18.0 Å². The summed E-state index contributed by atoms with van der Waals surface area (Å²) in [5, 5.41) is 16.0. The molecule has 2 fully saturated rings. The molecule has 4 heteroatoms. The summed E-state index contributed by atoms with van der Waals surface area (Å²) >= 11 is 0. The Labute approximate surface area is 131 Å². The minimum Gasteiger partial charge on any atom is -0.508 e. The number of amides is 1. The zero-order valence-corrected chi connectivity index (χ0v) is 12.8. The van der Waals surface area contributed by atoms with Crippen LogP contribution in [0.15, 0.2) is 30.3 Å². The van der Waals surface area contributed by atoms with Crippen LogP contribution in [0, 0.1) is 11.8 Å². The number of hydrogen-bond acceptors (Lipinski definition) is 3. The predicted octanol–water partition coefficient (Wildman–Crippen LogP) is 2.65. The van der Waals surface area contributed by atoms with E-state index in [-0.39, 0.29) is 17.8 Å². The van der Waals surface area contributed by atoms with Crippen molar-refractivity contribution in [1.29, 1.82) is 0 Å². The van der Waals surface area contributed by atoms with Gasteiger partial charge in [-0.05, 0) is 55.0 Å². The molecule has 1 saturated carbocycles. The summed E-state index contributed by atoms with van der Waals surface area (Å²) in [5.41, 5.74) is 0.822. The van der Waals surface area contributed by atoms with Crippen molar-refractivity contribution in [2.45, 2.75) is 38.3 Å². The van der Waals surface area contributed by atoms with Crippen molar-refractivity contribution in [3.05, 3.63) is 35.9 Å². The summed E-state index contributed by atoms with van der Waals surface area (Å²) in [6.07, 6.45) is 9.72. The molecule has 118 valence electrons. The van der Waals surface area contributed by atoms with Crippen LogP contribution < -0.4 is 10.6 Å². The molecule has 3 rings (SSSR count). The minimum atomic E-state index is -0.0768. The van der Waals surface area contributed by atoms with Crippen LogP contribution >= 0.6 is 0 Å². The average Bonchev–Trinajstić information content (AvgIpc) is 2.53. The van der Waals surface area contributed by atoms with Crippen molar-refractivity contribution < 1.29 is 9.90 Å². The monoisotopic (exact) mass is 300 g/mol. The second-order valence-corrected chi connectivity index (χ2v) is 6.37. The normalized spacial score (nSPS) is 28.3. The Morgan fingerprint density at radius 3 is 3.00 bits per heavy atom. The lowest BCUT2D eigenvalue weighted by Crippen LogP contribution is -2.56. The van der Waals surface area contributed by atoms with E-state index in [1.807, 2.05) is 6.07 Å². The molecule has 3 atom stereocenters. The summed E-state index contributed by atoms with van der Waals surface area (Å²) in [4.78, 5) is 12.1. The highest BCUT2D eigenvalue weighted by Crippen LogP contribution is 2.35. The second-order valence-electron chi connectivity index (χ2n) is 6.37. The van der Waals surface area contributed by atoms with Crippen molar-refractivity contribution in [3.8, 4) is 5.75 Å². The van der Waals surface area contributed by atoms with Gasteiger partial charge in [0.2, 0.25) is 5.91 Å². The fraction of sp³-hybridized carbons (Fsp3) is 0.500. The first-order valence-electron chi connectivity index (χ1n) is 8.23. The Morgan fingerprint density at radius 2 is 2.14 bits per heavy atom. The maximum atomic E-state index is 12.1. The Morgan fingerprint density at radius 1 is 1.27 bits per heavy atom. The molecule has 0 bridgehead atoms. The molecule has 1 aliphatic carbocycles. The number of carbonyl (C=O) groups excluding carboxylic acids is 1. The number of phenolic OH excluding ortho intramolecular Hbond substituents is 1. The lowest BCUT2D eigenvalue weighted by Gasteiger charge is -2.42. The van der Waals surface area contributed by atoms with Crippen molar-refractivity contribution in [3.63, 3.8) is 0 Å². The molecule has 1 heterocycles. The molecular formula is C18H24N2O2. The topological polar surface area (TPSA) is 61.4 Å². The van der Waals surface area contributed by atoms with Gasteiger partial charge in [0.1, 0.15) is 5.75 Å². The van der Waals surface area contributed by atoms with Gasteiger partial charge < -0.3 is 10.4 Å². The van der Waals surface area contributed by atoms with Gasteiger partial charge in [0, 0.05) is 6.08 Å². The quantitative estimate of drug-likeness (QED) is 0.752. The third-order valence-electron chi connectivity index (χ3n) is 4.87. The number of nitrogens with one attached hydrogen (secondary N) is 2. The summed E-state index contributed by atoms with van der Waals surface area (Å²) < 4.78 is 0. The van der Waals surface area contributed by atoms with E-state index in [1.165, 1.54) is 32.1 Å².